The summed E-state index contributed by atoms with van der Waals surface area (Å²) < 4.78 is 43.7. The number of nitrogens with zero attached hydrogens (tertiary/aromatic N) is 2. The van der Waals surface area contributed by atoms with Crippen molar-refractivity contribution < 1.29 is 27.5 Å². The van der Waals surface area contributed by atoms with Crippen molar-refractivity contribution in [3.63, 3.8) is 0 Å². The Morgan fingerprint density at radius 3 is 2.19 bits per heavy atom. The van der Waals surface area contributed by atoms with Gasteiger partial charge in [0, 0.05) is 18.7 Å². The van der Waals surface area contributed by atoms with Crippen LogP contribution in [0.15, 0.2) is 72.8 Å². The van der Waals surface area contributed by atoms with Crippen molar-refractivity contribution in [1.82, 2.24) is 4.90 Å². The highest BCUT2D eigenvalue weighted by atomic mass is 19.4. The van der Waals surface area contributed by atoms with Crippen molar-refractivity contribution in [2.75, 3.05) is 13.1 Å². The Morgan fingerprint density at radius 1 is 0.944 bits per heavy atom. The van der Waals surface area contributed by atoms with E-state index in [1.807, 2.05) is 42.5 Å². The first-order valence-electron chi connectivity index (χ1n) is 11.5. The Hall–Kier alpha value is -4.12. The highest BCUT2D eigenvalue weighted by Crippen LogP contribution is 2.30. The monoisotopic (exact) mass is 492 g/mol. The first-order chi connectivity index (χ1) is 17.3. The summed E-state index contributed by atoms with van der Waals surface area (Å²) in [5, 5.41) is 9.28. The molecule has 0 unspecified atom stereocenters. The number of carbonyl (C=O) groups is 2. The molecule has 4 rings (SSSR count). The van der Waals surface area contributed by atoms with Crippen LogP contribution < -0.4 is 0 Å². The van der Waals surface area contributed by atoms with Crippen LogP contribution in [-0.4, -0.2) is 29.9 Å². The zero-order chi connectivity index (χ0) is 25.7. The summed E-state index contributed by atoms with van der Waals surface area (Å²) in [5.41, 5.74) is 2.51. The Morgan fingerprint density at radius 2 is 1.58 bits per heavy atom. The summed E-state index contributed by atoms with van der Waals surface area (Å²) in [4.78, 5) is 26.7. The maximum Gasteiger partial charge on any atom is 0.416 e. The lowest BCUT2D eigenvalue weighted by Gasteiger charge is -2.31. The van der Waals surface area contributed by atoms with E-state index in [4.69, 9.17) is 4.74 Å². The third-order valence-electron chi connectivity index (χ3n) is 6.27. The smallest absolute Gasteiger partial charge is 0.416 e. The van der Waals surface area contributed by atoms with Gasteiger partial charge < -0.3 is 9.64 Å². The zero-order valence-electron chi connectivity index (χ0n) is 19.3. The number of halogens is 3. The molecule has 0 aliphatic carbocycles. The van der Waals surface area contributed by atoms with Gasteiger partial charge in [-0.3, -0.25) is 9.59 Å². The number of benzene rings is 3. The maximum atomic E-state index is 12.7. The number of ether oxygens (including phenoxy) is 1. The number of carbonyl (C=O) groups excluding carboxylic acids is 2. The Kier molecular flexibility index (Phi) is 7.39. The van der Waals surface area contributed by atoms with Gasteiger partial charge >= 0.3 is 12.1 Å². The van der Waals surface area contributed by atoms with E-state index in [-0.39, 0.29) is 30.0 Å². The van der Waals surface area contributed by atoms with E-state index in [9.17, 15) is 28.0 Å². The van der Waals surface area contributed by atoms with E-state index in [1.165, 1.54) is 12.1 Å². The van der Waals surface area contributed by atoms with Crippen molar-refractivity contribution in [2.24, 2.45) is 5.92 Å². The first-order valence-corrected chi connectivity index (χ1v) is 11.5. The predicted octanol–water partition coefficient (Wildman–Crippen LogP) is 5.84. The minimum atomic E-state index is -4.45. The molecule has 5 nitrogen and oxygen atoms in total. The fraction of sp³-hybridized carbons (Fsp3) is 0.250. The molecule has 1 aliphatic rings. The molecule has 0 aromatic heterocycles. The summed E-state index contributed by atoms with van der Waals surface area (Å²) in [6.07, 6.45) is -3.60. The van der Waals surface area contributed by atoms with Crippen LogP contribution in [0.5, 0.6) is 0 Å². The third-order valence-corrected chi connectivity index (χ3v) is 6.27. The molecule has 3 aromatic rings. The number of alkyl halides is 3. The molecule has 0 N–H and O–H groups in total. The lowest BCUT2D eigenvalue weighted by Crippen LogP contribution is -2.40. The van der Waals surface area contributed by atoms with E-state index in [0.717, 1.165) is 28.8 Å². The molecule has 1 heterocycles. The van der Waals surface area contributed by atoms with Gasteiger partial charge in [0.1, 0.15) is 6.61 Å². The molecule has 3 aromatic carbocycles. The predicted molar refractivity (Wildman–Crippen MR) is 126 cm³/mol. The molecule has 184 valence electrons. The van der Waals surface area contributed by atoms with Gasteiger partial charge in [-0.15, -0.1) is 0 Å². The van der Waals surface area contributed by atoms with Crippen molar-refractivity contribution >= 4 is 11.9 Å². The van der Waals surface area contributed by atoms with Crippen LogP contribution in [0, 0.1) is 17.2 Å². The van der Waals surface area contributed by atoms with Crippen molar-refractivity contribution in [1.29, 1.82) is 5.26 Å². The molecule has 0 saturated carbocycles. The number of hydrogen-bond donors (Lipinski definition) is 0. The number of esters is 1. The average molecular weight is 492 g/mol. The first kappa shape index (κ1) is 25.0. The molecule has 1 saturated heterocycles. The number of rotatable bonds is 5. The Balaban J connectivity index is 1.27. The minimum Gasteiger partial charge on any atom is -0.461 e. The molecule has 0 atom stereocenters. The van der Waals surface area contributed by atoms with Gasteiger partial charge in [0.2, 0.25) is 0 Å². The highest BCUT2D eigenvalue weighted by molar-refractivity contribution is 5.94. The highest BCUT2D eigenvalue weighted by Gasteiger charge is 2.32. The van der Waals surface area contributed by atoms with E-state index in [0.29, 0.717) is 31.5 Å². The number of hydrogen-bond acceptors (Lipinski definition) is 4. The number of likely N-dealkylation sites (tertiary alicyclic amines) is 1. The van der Waals surface area contributed by atoms with E-state index >= 15 is 0 Å². The molecule has 8 heteroatoms. The van der Waals surface area contributed by atoms with Gasteiger partial charge in [0.15, 0.2) is 0 Å². The molecule has 0 radical (unpaired) electrons. The average Bonchev–Trinajstić information content (AvgIpc) is 2.91. The normalized spacial score (nSPS) is 14.2. The fourth-order valence-electron chi connectivity index (χ4n) is 4.19. The van der Waals surface area contributed by atoms with Gasteiger partial charge in [0.05, 0.1) is 23.1 Å². The lowest BCUT2D eigenvalue weighted by atomic mass is 9.96. The van der Waals surface area contributed by atoms with Crippen LogP contribution in [0.25, 0.3) is 11.1 Å². The van der Waals surface area contributed by atoms with E-state index in [2.05, 4.69) is 6.07 Å². The fourth-order valence-corrected chi connectivity index (χ4v) is 4.19. The number of nitriles is 1. The van der Waals surface area contributed by atoms with Gasteiger partial charge in [-0.05, 0) is 59.9 Å². The van der Waals surface area contributed by atoms with Gasteiger partial charge in [-0.2, -0.15) is 18.4 Å². The second-order valence-corrected chi connectivity index (χ2v) is 8.60. The van der Waals surface area contributed by atoms with Crippen LogP contribution >= 0.6 is 0 Å². The van der Waals surface area contributed by atoms with Crippen molar-refractivity contribution in [3.05, 3.63) is 95.1 Å². The van der Waals surface area contributed by atoms with Crippen LogP contribution in [0.2, 0.25) is 0 Å². The van der Waals surface area contributed by atoms with E-state index in [1.54, 1.807) is 11.0 Å². The van der Waals surface area contributed by atoms with Gasteiger partial charge in [-0.25, -0.2) is 0 Å². The minimum absolute atomic E-state index is 0.115. The summed E-state index contributed by atoms with van der Waals surface area (Å²) >= 11 is 0. The quantitative estimate of drug-likeness (QED) is 0.420. The lowest BCUT2D eigenvalue weighted by molar-refractivity contribution is -0.151. The third kappa shape index (κ3) is 5.74. The Labute approximate surface area is 206 Å². The van der Waals surface area contributed by atoms with Crippen molar-refractivity contribution in [2.45, 2.75) is 25.6 Å². The summed E-state index contributed by atoms with van der Waals surface area (Å²) in [6.45, 7) is 0.767. The Bertz CT molecular complexity index is 1270. The molecule has 1 fully saturated rings. The summed E-state index contributed by atoms with van der Waals surface area (Å²) in [6, 6.07) is 21.1. The van der Waals surface area contributed by atoms with Crippen molar-refractivity contribution in [3.8, 4) is 17.2 Å². The maximum absolute atomic E-state index is 12.7. The van der Waals surface area contributed by atoms with Crippen LogP contribution in [0.3, 0.4) is 0 Å². The summed E-state index contributed by atoms with van der Waals surface area (Å²) in [7, 11) is 0. The SMILES string of the molecule is N#Cc1ccccc1-c1ccc(COC(=O)C2CCN(C(=O)c3ccc(C(F)(F)F)cc3)CC2)cc1. The molecule has 1 amide bonds. The molecule has 0 spiro atoms. The second kappa shape index (κ2) is 10.6. The number of piperidine rings is 1. The van der Waals surface area contributed by atoms with Gasteiger partial charge in [-0.1, -0.05) is 42.5 Å². The number of amides is 1. The summed E-state index contributed by atoms with van der Waals surface area (Å²) in [5.74, 6) is -1.03. The molecular formula is C28H23F3N2O3. The topological polar surface area (TPSA) is 70.4 Å². The largest absolute Gasteiger partial charge is 0.461 e. The molecule has 0 bridgehead atoms. The standard InChI is InChI=1S/C28H23F3N2O3/c29-28(30,31)24-11-9-21(10-12-24)26(34)33-15-13-22(14-16-33)27(35)36-18-19-5-7-20(8-6-19)25-4-2-1-3-23(25)17-32/h1-12,22H,13-16,18H2. The molecule has 36 heavy (non-hydrogen) atoms. The second-order valence-electron chi connectivity index (χ2n) is 8.60. The van der Waals surface area contributed by atoms with E-state index < -0.39 is 11.7 Å². The van der Waals surface area contributed by atoms with Gasteiger partial charge in [0.25, 0.3) is 5.91 Å². The zero-order valence-corrected chi connectivity index (χ0v) is 19.3. The van der Waals surface area contributed by atoms with Crippen LogP contribution in [0.1, 0.15) is 39.9 Å². The molecule has 1 aliphatic heterocycles. The molecular weight excluding hydrogens is 469 g/mol. The van der Waals surface area contributed by atoms with Crippen LogP contribution in [-0.2, 0) is 22.3 Å². The van der Waals surface area contributed by atoms with Crippen LogP contribution in [0.4, 0.5) is 13.2 Å².